The Labute approximate surface area is 99.5 Å². The van der Waals surface area contributed by atoms with Gasteiger partial charge in [0.25, 0.3) is 0 Å². The fourth-order valence-electron chi connectivity index (χ4n) is 2.64. The van der Waals surface area contributed by atoms with Gasteiger partial charge >= 0.3 is 0 Å². The zero-order chi connectivity index (χ0) is 11.7. The minimum atomic E-state index is 0.294. The van der Waals surface area contributed by atoms with Crippen molar-refractivity contribution < 1.29 is 4.74 Å². The van der Waals surface area contributed by atoms with Crippen molar-refractivity contribution in [3.8, 4) is 0 Å². The smallest absolute Gasteiger partial charge is 0.0693 e. The summed E-state index contributed by atoms with van der Waals surface area (Å²) in [6.45, 7) is 9.23. The Morgan fingerprint density at radius 3 is 2.50 bits per heavy atom. The van der Waals surface area contributed by atoms with Crippen LogP contribution in [0, 0.1) is 5.92 Å². The molecule has 0 aromatic carbocycles. The predicted octanol–water partition coefficient (Wildman–Crippen LogP) is 1.48. The molecule has 0 bridgehead atoms. The highest BCUT2D eigenvalue weighted by Crippen LogP contribution is 2.31. The van der Waals surface area contributed by atoms with Gasteiger partial charge in [0, 0.05) is 38.3 Å². The van der Waals surface area contributed by atoms with Crippen LogP contribution in [-0.2, 0) is 4.74 Å². The molecule has 3 heteroatoms. The summed E-state index contributed by atoms with van der Waals surface area (Å²) in [5.41, 5.74) is 0. The Balaban J connectivity index is 1.80. The first kappa shape index (κ1) is 12.3. The van der Waals surface area contributed by atoms with Gasteiger partial charge in [0.15, 0.2) is 0 Å². The number of nitrogens with zero attached hydrogens (tertiary/aromatic N) is 1. The molecule has 1 saturated heterocycles. The van der Waals surface area contributed by atoms with E-state index in [2.05, 4.69) is 31.0 Å². The molecule has 16 heavy (non-hydrogen) atoms. The van der Waals surface area contributed by atoms with E-state index in [4.69, 9.17) is 4.74 Å². The van der Waals surface area contributed by atoms with Crippen molar-refractivity contribution >= 4 is 0 Å². The lowest BCUT2D eigenvalue weighted by atomic mass is 10.0. The summed E-state index contributed by atoms with van der Waals surface area (Å²) in [7, 11) is 1.79. The molecule has 1 saturated carbocycles. The maximum Gasteiger partial charge on any atom is 0.0693 e. The second kappa shape index (κ2) is 5.03. The number of hydrogen-bond donors (Lipinski definition) is 1. The first-order chi connectivity index (χ1) is 7.61. The number of ether oxygens (including phenoxy) is 1. The van der Waals surface area contributed by atoms with E-state index in [-0.39, 0.29) is 0 Å². The molecule has 2 fully saturated rings. The summed E-state index contributed by atoms with van der Waals surface area (Å²) in [5.74, 6) is 0.770. The van der Waals surface area contributed by atoms with Crippen LogP contribution in [0.1, 0.15) is 33.6 Å². The van der Waals surface area contributed by atoms with Crippen molar-refractivity contribution in [1.29, 1.82) is 0 Å². The Morgan fingerprint density at radius 2 is 1.94 bits per heavy atom. The largest absolute Gasteiger partial charge is 0.380 e. The topological polar surface area (TPSA) is 24.5 Å². The molecule has 0 aromatic rings. The lowest BCUT2D eigenvalue weighted by molar-refractivity contribution is 0.0830. The zero-order valence-electron chi connectivity index (χ0n) is 11.1. The molecule has 0 radical (unpaired) electrons. The molecular weight excluding hydrogens is 200 g/mol. The first-order valence-corrected chi connectivity index (χ1v) is 6.64. The molecule has 0 aromatic heterocycles. The van der Waals surface area contributed by atoms with Crippen molar-refractivity contribution in [2.45, 2.75) is 57.8 Å². The minimum absolute atomic E-state index is 0.294. The maximum absolute atomic E-state index is 5.37. The van der Waals surface area contributed by atoms with Crippen LogP contribution in [0.5, 0.6) is 0 Å². The van der Waals surface area contributed by atoms with Gasteiger partial charge in [-0.15, -0.1) is 0 Å². The van der Waals surface area contributed by atoms with Crippen LogP contribution in [0.4, 0.5) is 0 Å². The standard InChI is InChI=1S/C13H26N2O/c1-9-7-15(12-5-6-12)8-13(9)14-10(2)11(3)16-4/h9-14H,5-8H2,1-4H3. The van der Waals surface area contributed by atoms with E-state index in [9.17, 15) is 0 Å². The van der Waals surface area contributed by atoms with Gasteiger partial charge in [-0.1, -0.05) is 6.92 Å². The van der Waals surface area contributed by atoms with E-state index in [1.807, 2.05) is 0 Å². The average molecular weight is 226 g/mol. The minimum Gasteiger partial charge on any atom is -0.380 e. The highest BCUT2D eigenvalue weighted by Gasteiger charge is 2.38. The Bertz CT molecular complexity index is 230. The van der Waals surface area contributed by atoms with Crippen LogP contribution in [-0.4, -0.2) is 49.3 Å². The lowest BCUT2D eigenvalue weighted by Gasteiger charge is -2.26. The van der Waals surface area contributed by atoms with E-state index in [0.717, 1.165) is 12.0 Å². The Kier molecular flexibility index (Phi) is 3.88. The number of hydrogen-bond acceptors (Lipinski definition) is 3. The van der Waals surface area contributed by atoms with Crippen LogP contribution in [0.3, 0.4) is 0 Å². The van der Waals surface area contributed by atoms with Crippen molar-refractivity contribution in [2.75, 3.05) is 20.2 Å². The molecule has 1 aliphatic carbocycles. The molecule has 94 valence electrons. The highest BCUT2D eigenvalue weighted by atomic mass is 16.5. The second-order valence-electron chi connectivity index (χ2n) is 5.67. The quantitative estimate of drug-likeness (QED) is 0.768. The third-order valence-corrected chi connectivity index (χ3v) is 4.26. The van der Waals surface area contributed by atoms with Gasteiger partial charge in [-0.25, -0.2) is 0 Å². The molecule has 2 aliphatic rings. The number of likely N-dealkylation sites (tertiary alicyclic amines) is 1. The van der Waals surface area contributed by atoms with Gasteiger partial charge in [0.2, 0.25) is 0 Å². The molecule has 1 aliphatic heterocycles. The Hall–Kier alpha value is -0.120. The van der Waals surface area contributed by atoms with Gasteiger partial charge in [0.1, 0.15) is 0 Å². The van der Waals surface area contributed by atoms with Crippen LogP contribution in [0.2, 0.25) is 0 Å². The number of methoxy groups -OCH3 is 1. The summed E-state index contributed by atoms with van der Waals surface area (Å²) in [5, 5.41) is 3.73. The molecule has 4 atom stereocenters. The summed E-state index contributed by atoms with van der Waals surface area (Å²) in [6, 6.07) is 1.99. The van der Waals surface area contributed by atoms with Crippen LogP contribution in [0.25, 0.3) is 0 Å². The molecule has 3 nitrogen and oxygen atoms in total. The average Bonchev–Trinajstić information content (AvgIpc) is 3.04. The number of rotatable bonds is 5. The number of nitrogens with one attached hydrogen (secondary N) is 1. The van der Waals surface area contributed by atoms with Gasteiger partial charge in [0.05, 0.1) is 6.10 Å². The summed E-state index contributed by atoms with van der Waals surface area (Å²) in [4.78, 5) is 2.66. The van der Waals surface area contributed by atoms with Crippen molar-refractivity contribution in [1.82, 2.24) is 10.2 Å². The molecule has 1 N–H and O–H groups in total. The van der Waals surface area contributed by atoms with Gasteiger partial charge in [-0.3, -0.25) is 4.90 Å². The fourth-order valence-corrected chi connectivity index (χ4v) is 2.64. The van der Waals surface area contributed by atoms with Crippen LogP contribution in [0.15, 0.2) is 0 Å². The van der Waals surface area contributed by atoms with Gasteiger partial charge in [-0.05, 0) is 32.6 Å². The first-order valence-electron chi connectivity index (χ1n) is 6.64. The third-order valence-electron chi connectivity index (χ3n) is 4.26. The van der Waals surface area contributed by atoms with Crippen molar-refractivity contribution in [3.63, 3.8) is 0 Å². The normalized spacial score (nSPS) is 35.2. The fraction of sp³-hybridized carbons (Fsp3) is 1.00. The van der Waals surface area contributed by atoms with E-state index in [1.165, 1.54) is 25.9 Å². The Morgan fingerprint density at radius 1 is 1.25 bits per heavy atom. The zero-order valence-corrected chi connectivity index (χ0v) is 11.1. The second-order valence-corrected chi connectivity index (χ2v) is 5.67. The lowest BCUT2D eigenvalue weighted by Crippen LogP contribution is -2.46. The van der Waals surface area contributed by atoms with E-state index >= 15 is 0 Å². The predicted molar refractivity (Wildman–Crippen MR) is 66.6 cm³/mol. The highest BCUT2D eigenvalue weighted by molar-refractivity contribution is 4.95. The molecular formula is C13H26N2O. The van der Waals surface area contributed by atoms with Gasteiger partial charge in [-0.2, -0.15) is 0 Å². The summed E-state index contributed by atoms with van der Waals surface area (Å²) >= 11 is 0. The maximum atomic E-state index is 5.37. The van der Waals surface area contributed by atoms with E-state index in [0.29, 0.717) is 18.2 Å². The van der Waals surface area contributed by atoms with Crippen molar-refractivity contribution in [2.24, 2.45) is 5.92 Å². The molecule has 4 unspecified atom stereocenters. The van der Waals surface area contributed by atoms with Crippen molar-refractivity contribution in [3.05, 3.63) is 0 Å². The molecule has 1 heterocycles. The molecule has 0 amide bonds. The third kappa shape index (κ3) is 2.76. The molecule has 0 spiro atoms. The van der Waals surface area contributed by atoms with Crippen LogP contribution < -0.4 is 5.32 Å². The van der Waals surface area contributed by atoms with E-state index < -0.39 is 0 Å². The monoisotopic (exact) mass is 226 g/mol. The van der Waals surface area contributed by atoms with Crippen LogP contribution >= 0.6 is 0 Å². The summed E-state index contributed by atoms with van der Waals surface area (Å²) < 4.78 is 5.37. The molecule has 2 rings (SSSR count). The summed E-state index contributed by atoms with van der Waals surface area (Å²) in [6.07, 6.45) is 3.13. The SMILES string of the molecule is COC(C)C(C)NC1CN(C2CC2)CC1C. The van der Waals surface area contributed by atoms with E-state index in [1.54, 1.807) is 7.11 Å². The van der Waals surface area contributed by atoms with Gasteiger partial charge < -0.3 is 10.1 Å².